The summed E-state index contributed by atoms with van der Waals surface area (Å²) in [5.74, 6) is 1.38. The monoisotopic (exact) mass is 452 g/mol. The molecular weight excluding hydrogens is 428 g/mol. The molecule has 1 aromatic carbocycles. The van der Waals surface area contributed by atoms with Crippen molar-refractivity contribution in [3.05, 3.63) is 96.2 Å². The molecule has 5 rings (SSSR count). The molecule has 8 nitrogen and oxygen atoms in total. The van der Waals surface area contributed by atoms with Crippen LogP contribution in [0, 0.1) is 0 Å². The number of aromatic nitrogens is 4. The van der Waals surface area contributed by atoms with Gasteiger partial charge in [-0.25, -0.2) is 14.6 Å². The van der Waals surface area contributed by atoms with Crippen molar-refractivity contribution in [1.29, 1.82) is 0 Å². The molecule has 0 unspecified atom stereocenters. The van der Waals surface area contributed by atoms with Gasteiger partial charge in [-0.05, 0) is 24.3 Å². The van der Waals surface area contributed by atoms with Crippen LogP contribution in [0.3, 0.4) is 0 Å². The predicted molar refractivity (Wildman–Crippen MR) is 131 cm³/mol. The van der Waals surface area contributed by atoms with Crippen LogP contribution in [-0.2, 0) is 13.1 Å². The lowest BCUT2D eigenvalue weighted by molar-refractivity contribution is 0.0952. The minimum atomic E-state index is -0.198. The number of hydrogen-bond donors (Lipinski definition) is 1. The second-order valence-electron chi connectivity index (χ2n) is 8.10. The van der Waals surface area contributed by atoms with Crippen LogP contribution in [0.1, 0.15) is 21.7 Å². The van der Waals surface area contributed by atoms with Gasteiger partial charge in [0.2, 0.25) is 0 Å². The second kappa shape index (κ2) is 9.19. The van der Waals surface area contributed by atoms with Gasteiger partial charge >= 0.3 is 0 Å². The molecule has 4 aromatic heterocycles. The number of furan rings is 1. The Morgan fingerprint density at radius 2 is 1.94 bits per heavy atom. The van der Waals surface area contributed by atoms with E-state index in [9.17, 15) is 4.79 Å². The molecule has 0 saturated carbocycles. The van der Waals surface area contributed by atoms with Crippen LogP contribution in [0.5, 0.6) is 0 Å². The van der Waals surface area contributed by atoms with E-state index in [4.69, 9.17) is 9.40 Å². The Balaban J connectivity index is 1.53. The number of amides is 1. The van der Waals surface area contributed by atoms with Crippen molar-refractivity contribution in [3.8, 4) is 11.3 Å². The largest absolute Gasteiger partial charge is 0.467 e. The minimum Gasteiger partial charge on any atom is -0.467 e. The van der Waals surface area contributed by atoms with Crippen LogP contribution < -0.4 is 10.2 Å². The minimum absolute atomic E-state index is 0.198. The van der Waals surface area contributed by atoms with E-state index in [1.54, 1.807) is 23.3 Å². The molecular formula is C26H24N6O2. The number of pyridine rings is 2. The molecule has 0 bridgehead atoms. The van der Waals surface area contributed by atoms with Crippen LogP contribution in [0.4, 0.5) is 5.82 Å². The summed E-state index contributed by atoms with van der Waals surface area (Å²) in [7, 11) is 3.86. The standard InChI is InChI=1S/C26H24N6O2/c1-31(2)24-19(10-6-12-27-24)15-28-26(33)21-14-23(18-8-4-3-5-9-18)30-25-22(21)16-29-32(25)17-20-11-7-13-34-20/h3-14,16H,15,17H2,1-2H3,(H,28,33). The third-order valence-electron chi connectivity index (χ3n) is 5.54. The number of carbonyl (C=O) groups excluding carboxylic acids is 1. The molecule has 0 fully saturated rings. The van der Waals surface area contributed by atoms with E-state index in [1.165, 1.54) is 0 Å². The summed E-state index contributed by atoms with van der Waals surface area (Å²) in [6, 6.07) is 19.2. The zero-order chi connectivity index (χ0) is 23.5. The van der Waals surface area contributed by atoms with Gasteiger partial charge in [0.1, 0.15) is 18.1 Å². The quantitative estimate of drug-likeness (QED) is 0.399. The van der Waals surface area contributed by atoms with E-state index in [1.807, 2.05) is 79.7 Å². The molecule has 0 atom stereocenters. The zero-order valence-electron chi connectivity index (χ0n) is 19.0. The van der Waals surface area contributed by atoms with Gasteiger partial charge in [0.05, 0.1) is 29.1 Å². The SMILES string of the molecule is CN(C)c1ncccc1CNC(=O)c1cc(-c2ccccc2)nc2c1cnn2Cc1ccco1. The molecule has 0 radical (unpaired) electrons. The van der Waals surface area contributed by atoms with Crippen molar-refractivity contribution in [3.63, 3.8) is 0 Å². The van der Waals surface area contributed by atoms with Crippen LogP contribution in [0.2, 0.25) is 0 Å². The first-order chi connectivity index (χ1) is 16.6. The topological polar surface area (TPSA) is 89.1 Å². The Bertz CT molecular complexity index is 1420. The molecule has 8 heteroatoms. The summed E-state index contributed by atoms with van der Waals surface area (Å²) < 4.78 is 7.24. The molecule has 0 spiro atoms. The van der Waals surface area contributed by atoms with E-state index < -0.39 is 0 Å². The van der Waals surface area contributed by atoms with Crippen LogP contribution in [-0.4, -0.2) is 39.8 Å². The van der Waals surface area contributed by atoms with Gasteiger partial charge in [-0.15, -0.1) is 0 Å². The fourth-order valence-electron chi connectivity index (χ4n) is 3.90. The number of nitrogens with zero attached hydrogens (tertiary/aromatic N) is 5. The van der Waals surface area contributed by atoms with Crippen molar-refractivity contribution in [2.75, 3.05) is 19.0 Å². The molecule has 5 aromatic rings. The third-order valence-corrected chi connectivity index (χ3v) is 5.54. The number of hydrogen-bond acceptors (Lipinski definition) is 6. The van der Waals surface area contributed by atoms with Crippen molar-refractivity contribution in [1.82, 2.24) is 25.1 Å². The Labute approximate surface area is 196 Å². The highest BCUT2D eigenvalue weighted by molar-refractivity contribution is 6.06. The molecule has 1 amide bonds. The highest BCUT2D eigenvalue weighted by Gasteiger charge is 2.18. The lowest BCUT2D eigenvalue weighted by Gasteiger charge is -2.16. The highest BCUT2D eigenvalue weighted by Crippen LogP contribution is 2.26. The van der Waals surface area contributed by atoms with Gasteiger partial charge < -0.3 is 14.6 Å². The highest BCUT2D eigenvalue weighted by atomic mass is 16.3. The summed E-state index contributed by atoms with van der Waals surface area (Å²) in [5.41, 5.74) is 3.70. The van der Waals surface area contributed by atoms with E-state index in [-0.39, 0.29) is 5.91 Å². The summed E-state index contributed by atoms with van der Waals surface area (Å²) in [6.07, 6.45) is 5.06. The average Bonchev–Trinajstić information content (AvgIpc) is 3.53. The van der Waals surface area contributed by atoms with Gasteiger partial charge in [0, 0.05) is 38.0 Å². The molecule has 4 heterocycles. The van der Waals surface area contributed by atoms with Crippen LogP contribution >= 0.6 is 0 Å². The van der Waals surface area contributed by atoms with Crippen LogP contribution in [0.15, 0.2) is 83.7 Å². The molecule has 1 N–H and O–H groups in total. The number of carbonyl (C=O) groups is 1. The summed E-state index contributed by atoms with van der Waals surface area (Å²) in [4.78, 5) is 24.6. The van der Waals surface area contributed by atoms with Gasteiger partial charge in [0.15, 0.2) is 5.65 Å². The van der Waals surface area contributed by atoms with Crippen molar-refractivity contribution in [2.24, 2.45) is 0 Å². The maximum absolute atomic E-state index is 13.4. The van der Waals surface area contributed by atoms with Gasteiger partial charge in [-0.1, -0.05) is 36.4 Å². The van der Waals surface area contributed by atoms with E-state index in [0.29, 0.717) is 35.4 Å². The molecule has 0 aliphatic heterocycles. The molecule has 0 aliphatic carbocycles. The smallest absolute Gasteiger partial charge is 0.252 e. The Hall–Kier alpha value is -4.46. The van der Waals surface area contributed by atoms with Crippen molar-refractivity contribution in [2.45, 2.75) is 13.1 Å². The maximum atomic E-state index is 13.4. The van der Waals surface area contributed by atoms with Crippen molar-refractivity contribution < 1.29 is 9.21 Å². The number of anilines is 1. The Morgan fingerprint density at radius 1 is 1.09 bits per heavy atom. The first-order valence-corrected chi connectivity index (χ1v) is 10.9. The lowest BCUT2D eigenvalue weighted by Crippen LogP contribution is -2.25. The number of fused-ring (bicyclic) bond motifs is 1. The Kier molecular flexibility index (Phi) is 5.78. The zero-order valence-corrected chi connectivity index (χ0v) is 19.0. The summed E-state index contributed by atoms with van der Waals surface area (Å²) >= 11 is 0. The lowest BCUT2D eigenvalue weighted by atomic mass is 10.1. The summed E-state index contributed by atoms with van der Waals surface area (Å²) in [6.45, 7) is 0.774. The van der Waals surface area contributed by atoms with Crippen LogP contribution in [0.25, 0.3) is 22.3 Å². The van der Waals surface area contributed by atoms with E-state index in [0.717, 1.165) is 22.7 Å². The Morgan fingerprint density at radius 3 is 2.71 bits per heavy atom. The third kappa shape index (κ3) is 4.25. The van der Waals surface area contributed by atoms with E-state index >= 15 is 0 Å². The van der Waals surface area contributed by atoms with Gasteiger partial charge in [-0.3, -0.25) is 4.79 Å². The van der Waals surface area contributed by atoms with Gasteiger partial charge in [0.25, 0.3) is 5.91 Å². The number of benzene rings is 1. The fraction of sp³-hybridized carbons (Fsp3) is 0.154. The van der Waals surface area contributed by atoms with E-state index in [2.05, 4.69) is 15.4 Å². The maximum Gasteiger partial charge on any atom is 0.252 e. The average molecular weight is 453 g/mol. The predicted octanol–water partition coefficient (Wildman–Crippen LogP) is 4.13. The second-order valence-corrected chi connectivity index (χ2v) is 8.10. The van der Waals surface area contributed by atoms with Crippen molar-refractivity contribution >= 4 is 22.8 Å². The molecule has 0 aliphatic rings. The molecule has 0 saturated heterocycles. The molecule has 170 valence electrons. The van der Waals surface area contributed by atoms with Gasteiger partial charge in [-0.2, -0.15) is 5.10 Å². The first kappa shape index (κ1) is 21.4. The summed E-state index contributed by atoms with van der Waals surface area (Å²) in [5, 5.41) is 8.23. The normalized spacial score (nSPS) is 11.0. The number of rotatable bonds is 7. The fourth-order valence-corrected chi connectivity index (χ4v) is 3.90. The molecule has 34 heavy (non-hydrogen) atoms. The first-order valence-electron chi connectivity index (χ1n) is 10.9. The number of nitrogens with one attached hydrogen (secondary N) is 1.